The molecule has 2 aliphatic rings. The van der Waals surface area contributed by atoms with Crippen LogP contribution >= 0.6 is 15.9 Å². The molecule has 0 radical (unpaired) electrons. The van der Waals surface area contributed by atoms with Crippen molar-refractivity contribution in [3.05, 3.63) is 33.8 Å². The lowest BCUT2D eigenvalue weighted by Gasteiger charge is -2.48. The maximum absolute atomic E-state index is 6.55. The zero-order valence-corrected chi connectivity index (χ0v) is 13.1. The van der Waals surface area contributed by atoms with Crippen LogP contribution in [0.15, 0.2) is 22.7 Å². The lowest BCUT2D eigenvalue weighted by Crippen LogP contribution is -2.47. The number of hydrogen-bond donors (Lipinski definition) is 1. The normalized spacial score (nSPS) is 27.0. The predicted octanol–water partition coefficient (Wildman–Crippen LogP) is 4.11. The van der Waals surface area contributed by atoms with E-state index in [0.29, 0.717) is 5.92 Å². The summed E-state index contributed by atoms with van der Waals surface area (Å²) < 4.78 is 7.13. The van der Waals surface area contributed by atoms with Gasteiger partial charge in [-0.3, -0.25) is 0 Å². The van der Waals surface area contributed by atoms with Crippen molar-refractivity contribution in [2.75, 3.05) is 6.61 Å². The first-order chi connectivity index (χ1) is 9.10. The Bertz CT molecular complexity index is 470. The Morgan fingerprint density at radius 2 is 2.21 bits per heavy atom. The second-order valence-corrected chi connectivity index (χ2v) is 7.08. The molecule has 3 heteroatoms. The molecule has 0 bridgehead atoms. The second-order valence-electron chi connectivity index (χ2n) is 6.16. The molecule has 1 aliphatic carbocycles. The molecule has 1 saturated carbocycles. The van der Waals surface area contributed by atoms with Crippen LogP contribution in [0.1, 0.15) is 49.3 Å². The third kappa shape index (κ3) is 2.61. The number of nitrogens with two attached hydrogens (primary N) is 1. The van der Waals surface area contributed by atoms with E-state index in [4.69, 9.17) is 10.5 Å². The zero-order chi connectivity index (χ0) is 13.5. The molecule has 1 aromatic rings. The largest absolute Gasteiger partial charge is 0.375 e. The van der Waals surface area contributed by atoms with Gasteiger partial charge >= 0.3 is 0 Å². The zero-order valence-electron chi connectivity index (χ0n) is 11.5. The first-order valence-electron chi connectivity index (χ1n) is 7.25. The molecule has 1 aliphatic heterocycles. The molecule has 104 valence electrons. The average molecular weight is 324 g/mol. The summed E-state index contributed by atoms with van der Waals surface area (Å²) in [5.74, 6) is 0.564. The monoisotopic (exact) mass is 323 g/mol. The highest BCUT2D eigenvalue weighted by molar-refractivity contribution is 9.10. The van der Waals surface area contributed by atoms with Crippen LogP contribution in [0.3, 0.4) is 0 Å². The molecule has 3 rings (SSSR count). The third-order valence-corrected chi connectivity index (χ3v) is 5.39. The summed E-state index contributed by atoms with van der Waals surface area (Å²) in [5.41, 5.74) is 9.32. The lowest BCUT2D eigenvalue weighted by molar-refractivity contribution is -0.146. The lowest BCUT2D eigenvalue weighted by atomic mass is 9.69. The number of hydrogen-bond acceptors (Lipinski definition) is 2. The van der Waals surface area contributed by atoms with E-state index in [-0.39, 0.29) is 11.6 Å². The first kappa shape index (κ1) is 13.6. The molecular weight excluding hydrogens is 302 g/mol. The molecule has 2 atom stereocenters. The third-order valence-electron chi connectivity index (χ3n) is 4.89. The number of aryl methyl sites for hydroxylation is 1. The van der Waals surface area contributed by atoms with E-state index in [9.17, 15) is 0 Å². The molecule has 2 unspecified atom stereocenters. The maximum Gasteiger partial charge on any atom is 0.0686 e. The van der Waals surface area contributed by atoms with Crippen LogP contribution < -0.4 is 5.73 Å². The van der Waals surface area contributed by atoms with Gasteiger partial charge < -0.3 is 10.5 Å². The minimum absolute atomic E-state index is 0.148. The van der Waals surface area contributed by atoms with E-state index in [1.165, 1.54) is 30.4 Å². The van der Waals surface area contributed by atoms with Gasteiger partial charge in [0.25, 0.3) is 0 Å². The second kappa shape index (κ2) is 5.19. The van der Waals surface area contributed by atoms with Crippen molar-refractivity contribution >= 4 is 15.9 Å². The number of benzene rings is 1. The Labute approximate surface area is 123 Å². The minimum Gasteiger partial charge on any atom is -0.375 e. The van der Waals surface area contributed by atoms with Gasteiger partial charge in [0.15, 0.2) is 0 Å². The minimum atomic E-state index is 0.148. The summed E-state index contributed by atoms with van der Waals surface area (Å²) in [5, 5.41) is 0. The number of halogens is 1. The highest BCUT2D eigenvalue weighted by Crippen LogP contribution is 2.46. The van der Waals surface area contributed by atoms with E-state index in [1.54, 1.807) is 0 Å². The van der Waals surface area contributed by atoms with Gasteiger partial charge in [0.2, 0.25) is 0 Å². The van der Waals surface area contributed by atoms with Crippen LogP contribution in [0.25, 0.3) is 0 Å². The highest BCUT2D eigenvalue weighted by atomic mass is 79.9. The summed E-state index contributed by atoms with van der Waals surface area (Å²) >= 11 is 3.52. The average Bonchev–Trinajstić information content (AvgIpc) is 2.36. The molecule has 2 N–H and O–H groups in total. The van der Waals surface area contributed by atoms with Gasteiger partial charge in [-0.2, -0.15) is 0 Å². The molecule has 1 saturated heterocycles. The van der Waals surface area contributed by atoms with Gasteiger partial charge in [-0.1, -0.05) is 22.0 Å². The summed E-state index contributed by atoms with van der Waals surface area (Å²) in [7, 11) is 0. The predicted molar refractivity (Wildman–Crippen MR) is 81.1 cm³/mol. The molecule has 0 amide bonds. The van der Waals surface area contributed by atoms with Crippen molar-refractivity contribution in [3.8, 4) is 0 Å². The Hall–Kier alpha value is -0.380. The van der Waals surface area contributed by atoms with Crippen molar-refractivity contribution < 1.29 is 4.74 Å². The number of ether oxygens (including phenoxy) is 1. The van der Waals surface area contributed by atoms with E-state index < -0.39 is 0 Å². The van der Waals surface area contributed by atoms with Gasteiger partial charge in [-0.05, 0) is 68.2 Å². The van der Waals surface area contributed by atoms with E-state index in [0.717, 1.165) is 23.9 Å². The van der Waals surface area contributed by atoms with Crippen molar-refractivity contribution in [2.45, 2.75) is 50.7 Å². The molecule has 2 fully saturated rings. The topological polar surface area (TPSA) is 35.2 Å². The van der Waals surface area contributed by atoms with E-state index >= 15 is 0 Å². The van der Waals surface area contributed by atoms with Crippen LogP contribution in [0.2, 0.25) is 0 Å². The molecule has 19 heavy (non-hydrogen) atoms. The van der Waals surface area contributed by atoms with Crippen LogP contribution in [0.5, 0.6) is 0 Å². The Morgan fingerprint density at radius 3 is 2.84 bits per heavy atom. The van der Waals surface area contributed by atoms with Crippen LogP contribution in [-0.4, -0.2) is 12.2 Å². The summed E-state index contributed by atoms with van der Waals surface area (Å²) in [6.45, 7) is 3.03. The quantitative estimate of drug-likeness (QED) is 0.889. The maximum atomic E-state index is 6.55. The molecule has 1 heterocycles. The van der Waals surface area contributed by atoms with Gasteiger partial charge in [-0.15, -0.1) is 0 Å². The Kier molecular flexibility index (Phi) is 3.71. The van der Waals surface area contributed by atoms with Gasteiger partial charge in [0.05, 0.1) is 5.60 Å². The Balaban J connectivity index is 1.77. The van der Waals surface area contributed by atoms with Gasteiger partial charge in [0.1, 0.15) is 0 Å². The number of rotatable bonds is 2. The van der Waals surface area contributed by atoms with Crippen LogP contribution in [0.4, 0.5) is 0 Å². The van der Waals surface area contributed by atoms with Crippen LogP contribution in [-0.2, 0) is 4.74 Å². The SMILES string of the molecule is Cc1cc(Br)ccc1C(N)C1CCOC2(CCC2)C1. The van der Waals surface area contributed by atoms with Gasteiger partial charge in [0, 0.05) is 17.1 Å². The fraction of sp³-hybridized carbons (Fsp3) is 0.625. The highest BCUT2D eigenvalue weighted by Gasteiger charge is 2.44. The van der Waals surface area contributed by atoms with Crippen molar-refractivity contribution in [1.82, 2.24) is 0 Å². The fourth-order valence-electron chi connectivity index (χ4n) is 3.56. The van der Waals surface area contributed by atoms with Crippen molar-refractivity contribution in [3.63, 3.8) is 0 Å². The standard InChI is InChI=1S/C16H22BrNO/c1-11-9-13(17)3-4-14(11)15(18)12-5-8-19-16(10-12)6-2-7-16/h3-4,9,12,15H,2,5-8,10,18H2,1H3. The Morgan fingerprint density at radius 1 is 1.42 bits per heavy atom. The summed E-state index contributed by atoms with van der Waals surface area (Å²) in [4.78, 5) is 0. The summed E-state index contributed by atoms with van der Waals surface area (Å²) in [6, 6.07) is 6.58. The fourth-order valence-corrected chi connectivity index (χ4v) is 4.03. The first-order valence-corrected chi connectivity index (χ1v) is 8.05. The van der Waals surface area contributed by atoms with Crippen LogP contribution in [0, 0.1) is 12.8 Å². The van der Waals surface area contributed by atoms with Crippen molar-refractivity contribution in [1.29, 1.82) is 0 Å². The van der Waals surface area contributed by atoms with Gasteiger partial charge in [-0.25, -0.2) is 0 Å². The molecule has 2 nitrogen and oxygen atoms in total. The molecule has 0 aromatic heterocycles. The molecular formula is C16H22BrNO. The smallest absolute Gasteiger partial charge is 0.0686 e. The van der Waals surface area contributed by atoms with E-state index in [1.807, 2.05) is 0 Å². The van der Waals surface area contributed by atoms with Crippen molar-refractivity contribution in [2.24, 2.45) is 11.7 Å². The van der Waals surface area contributed by atoms with E-state index in [2.05, 4.69) is 41.1 Å². The molecule has 1 aromatic carbocycles. The molecule has 1 spiro atoms. The summed E-state index contributed by atoms with van der Waals surface area (Å²) in [6.07, 6.45) is 6.02.